The maximum absolute atomic E-state index is 11.4. The van der Waals surface area contributed by atoms with Crippen molar-refractivity contribution in [2.24, 2.45) is 0 Å². The Bertz CT molecular complexity index is 1150. The molecule has 6 heteroatoms. The van der Waals surface area contributed by atoms with E-state index >= 15 is 0 Å². The Hall–Kier alpha value is -3.67. The normalized spacial score (nSPS) is 10.8. The Morgan fingerprint density at radius 3 is 2.52 bits per heavy atom. The van der Waals surface area contributed by atoms with E-state index in [-0.39, 0.29) is 5.69 Å². The monoisotopic (exact) mass is 389 g/mol. The third-order valence-corrected chi connectivity index (χ3v) is 4.73. The minimum absolute atomic E-state index is 0.204. The summed E-state index contributed by atoms with van der Waals surface area (Å²) >= 11 is 0. The SMILES string of the molecule is COc1cc(CNc2ccc3[nH]c(=O)[nH]c3c2)ccc1OCCc1ccccc1. The minimum Gasteiger partial charge on any atom is -0.493 e. The van der Waals surface area contributed by atoms with Crippen LogP contribution >= 0.6 is 0 Å². The van der Waals surface area contributed by atoms with Crippen molar-refractivity contribution in [1.82, 2.24) is 9.97 Å². The number of H-pyrrole nitrogens is 2. The molecule has 29 heavy (non-hydrogen) atoms. The largest absolute Gasteiger partial charge is 0.493 e. The molecule has 0 aliphatic rings. The molecule has 0 spiro atoms. The van der Waals surface area contributed by atoms with Gasteiger partial charge in [-0.2, -0.15) is 0 Å². The first-order chi connectivity index (χ1) is 14.2. The summed E-state index contributed by atoms with van der Waals surface area (Å²) in [5.41, 5.74) is 4.60. The molecule has 6 nitrogen and oxygen atoms in total. The van der Waals surface area contributed by atoms with E-state index in [0.29, 0.717) is 18.9 Å². The lowest BCUT2D eigenvalue weighted by atomic mass is 10.1. The van der Waals surface area contributed by atoms with E-state index < -0.39 is 0 Å². The lowest BCUT2D eigenvalue weighted by Gasteiger charge is -2.13. The molecule has 0 saturated carbocycles. The van der Waals surface area contributed by atoms with Gasteiger partial charge < -0.3 is 24.8 Å². The van der Waals surface area contributed by atoms with Gasteiger partial charge in [0.25, 0.3) is 0 Å². The first kappa shape index (κ1) is 18.7. The highest BCUT2D eigenvalue weighted by atomic mass is 16.5. The van der Waals surface area contributed by atoms with Crippen LogP contribution in [0.3, 0.4) is 0 Å². The van der Waals surface area contributed by atoms with Crippen molar-refractivity contribution in [2.45, 2.75) is 13.0 Å². The number of fused-ring (bicyclic) bond motifs is 1. The van der Waals surface area contributed by atoms with Gasteiger partial charge in [0.1, 0.15) is 0 Å². The second-order valence-corrected chi connectivity index (χ2v) is 6.76. The number of benzene rings is 3. The Morgan fingerprint density at radius 2 is 1.69 bits per heavy atom. The fraction of sp³-hybridized carbons (Fsp3) is 0.174. The van der Waals surface area contributed by atoms with E-state index in [1.807, 2.05) is 54.6 Å². The molecule has 3 aromatic carbocycles. The van der Waals surface area contributed by atoms with Gasteiger partial charge in [-0.25, -0.2) is 4.79 Å². The highest BCUT2D eigenvalue weighted by Crippen LogP contribution is 2.28. The second kappa shape index (κ2) is 8.56. The minimum atomic E-state index is -0.204. The molecule has 148 valence electrons. The highest BCUT2D eigenvalue weighted by molar-refractivity contribution is 5.78. The zero-order valence-electron chi connectivity index (χ0n) is 16.2. The predicted molar refractivity (Wildman–Crippen MR) is 115 cm³/mol. The lowest BCUT2D eigenvalue weighted by Crippen LogP contribution is -2.04. The number of imidazole rings is 1. The fourth-order valence-electron chi connectivity index (χ4n) is 3.21. The van der Waals surface area contributed by atoms with Gasteiger partial charge in [-0.15, -0.1) is 0 Å². The summed E-state index contributed by atoms with van der Waals surface area (Å²) in [6.07, 6.45) is 0.844. The van der Waals surface area contributed by atoms with E-state index in [4.69, 9.17) is 9.47 Å². The standard InChI is InChI=1S/C23H23N3O3/c1-28-22-13-17(7-10-21(22)29-12-11-16-5-3-2-4-6-16)15-24-18-8-9-19-20(14-18)26-23(27)25-19/h2-10,13-14,24H,11-12,15H2,1H3,(H2,25,26,27). The van der Waals surface area contributed by atoms with Crippen LogP contribution in [0.4, 0.5) is 5.69 Å². The molecule has 1 heterocycles. The van der Waals surface area contributed by atoms with Crippen molar-refractivity contribution in [3.63, 3.8) is 0 Å². The highest BCUT2D eigenvalue weighted by Gasteiger charge is 2.07. The van der Waals surface area contributed by atoms with E-state index in [0.717, 1.165) is 34.5 Å². The molecule has 1 aromatic heterocycles. The number of aromatic nitrogens is 2. The van der Waals surface area contributed by atoms with Gasteiger partial charge in [0.2, 0.25) is 0 Å². The summed E-state index contributed by atoms with van der Waals surface area (Å²) in [6.45, 7) is 1.22. The van der Waals surface area contributed by atoms with Crippen LogP contribution in [0.25, 0.3) is 11.0 Å². The summed E-state index contributed by atoms with van der Waals surface area (Å²) in [4.78, 5) is 16.9. The number of nitrogens with one attached hydrogen (secondary N) is 3. The first-order valence-corrected chi connectivity index (χ1v) is 9.51. The van der Waals surface area contributed by atoms with Crippen LogP contribution in [0.15, 0.2) is 71.5 Å². The number of methoxy groups -OCH3 is 1. The van der Waals surface area contributed by atoms with Crippen molar-refractivity contribution in [1.29, 1.82) is 0 Å². The predicted octanol–water partition coefficient (Wildman–Crippen LogP) is 4.10. The number of aromatic amines is 2. The first-order valence-electron chi connectivity index (χ1n) is 9.51. The van der Waals surface area contributed by atoms with Crippen LogP contribution in [0, 0.1) is 0 Å². The van der Waals surface area contributed by atoms with Gasteiger partial charge in [0, 0.05) is 18.7 Å². The summed E-state index contributed by atoms with van der Waals surface area (Å²) in [6, 6.07) is 21.9. The van der Waals surface area contributed by atoms with Gasteiger partial charge in [-0.1, -0.05) is 36.4 Å². The number of ether oxygens (including phenoxy) is 2. The molecule has 0 bridgehead atoms. The molecule has 4 rings (SSSR count). The number of rotatable bonds is 8. The molecule has 0 aliphatic carbocycles. The van der Waals surface area contributed by atoms with Crippen LogP contribution in [0.5, 0.6) is 11.5 Å². The maximum atomic E-state index is 11.4. The van der Waals surface area contributed by atoms with Crippen LogP contribution < -0.4 is 20.5 Å². The van der Waals surface area contributed by atoms with Crippen molar-refractivity contribution < 1.29 is 9.47 Å². The topological polar surface area (TPSA) is 79.1 Å². The van der Waals surface area contributed by atoms with E-state index in [1.54, 1.807) is 7.11 Å². The van der Waals surface area contributed by atoms with Crippen LogP contribution in [-0.2, 0) is 13.0 Å². The fourth-order valence-corrected chi connectivity index (χ4v) is 3.21. The zero-order chi connectivity index (χ0) is 20.1. The van der Waals surface area contributed by atoms with Crippen molar-refractivity contribution in [3.05, 3.63) is 88.3 Å². The van der Waals surface area contributed by atoms with Crippen molar-refractivity contribution in [3.8, 4) is 11.5 Å². The number of hydrogen-bond acceptors (Lipinski definition) is 4. The van der Waals surface area contributed by atoms with E-state index in [2.05, 4.69) is 27.4 Å². The lowest BCUT2D eigenvalue weighted by molar-refractivity contribution is 0.297. The molecule has 0 radical (unpaired) electrons. The van der Waals surface area contributed by atoms with Crippen LogP contribution in [0.1, 0.15) is 11.1 Å². The third-order valence-electron chi connectivity index (χ3n) is 4.73. The van der Waals surface area contributed by atoms with Crippen molar-refractivity contribution in [2.75, 3.05) is 19.0 Å². The molecule has 0 saturated heterocycles. The molecular formula is C23H23N3O3. The molecule has 0 amide bonds. The summed E-state index contributed by atoms with van der Waals surface area (Å²) in [7, 11) is 1.65. The van der Waals surface area contributed by atoms with Gasteiger partial charge in [0.05, 0.1) is 24.8 Å². The number of hydrogen-bond donors (Lipinski definition) is 3. The average molecular weight is 389 g/mol. The Kier molecular flexibility index (Phi) is 5.52. The molecule has 3 N–H and O–H groups in total. The summed E-state index contributed by atoms with van der Waals surface area (Å²) in [5.74, 6) is 1.45. The van der Waals surface area contributed by atoms with Crippen LogP contribution in [0.2, 0.25) is 0 Å². The maximum Gasteiger partial charge on any atom is 0.323 e. The molecule has 0 aliphatic heterocycles. The van der Waals surface area contributed by atoms with E-state index in [9.17, 15) is 4.79 Å². The molecule has 0 unspecified atom stereocenters. The molecule has 4 aromatic rings. The van der Waals surface area contributed by atoms with Crippen molar-refractivity contribution >= 4 is 16.7 Å². The van der Waals surface area contributed by atoms with Gasteiger partial charge in [0.15, 0.2) is 11.5 Å². The van der Waals surface area contributed by atoms with Gasteiger partial charge >= 0.3 is 5.69 Å². The average Bonchev–Trinajstić information content (AvgIpc) is 3.13. The van der Waals surface area contributed by atoms with Crippen LogP contribution in [-0.4, -0.2) is 23.7 Å². The Balaban J connectivity index is 1.38. The van der Waals surface area contributed by atoms with Gasteiger partial charge in [-0.05, 0) is 41.5 Å². The molecular weight excluding hydrogens is 366 g/mol. The summed E-state index contributed by atoms with van der Waals surface area (Å²) < 4.78 is 11.4. The van der Waals surface area contributed by atoms with Gasteiger partial charge in [-0.3, -0.25) is 0 Å². The smallest absolute Gasteiger partial charge is 0.323 e. The summed E-state index contributed by atoms with van der Waals surface area (Å²) in [5, 5.41) is 3.37. The van der Waals surface area contributed by atoms with E-state index in [1.165, 1.54) is 5.56 Å². The Morgan fingerprint density at radius 1 is 0.862 bits per heavy atom. The number of anilines is 1. The quantitative estimate of drug-likeness (QED) is 0.424. The Labute approximate surface area is 168 Å². The molecule has 0 fully saturated rings. The second-order valence-electron chi connectivity index (χ2n) is 6.76. The molecule has 0 atom stereocenters. The zero-order valence-corrected chi connectivity index (χ0v) is 16.2. The third kappa shape index (κ3) is 4.60.